The maximum atomic E-state index is 4.19. The van der Waals surface area contributed by atoms with Crippen LogP contribution in [0.15, 0.2) is 16.9 Å². The topological polar surface area (TPSA) is 26.5 Å². The molecule has 0 aromatic carbocycles. The molecule has 1 saturated carbocycles. The van der Waals surface area contributed by atoms with Crippen molar-refractivity contribution >= 4 is 6.34 Å². The number of allylic oxidation sites excluding steroid dienone is 1. The summed E-state index contributed by atoms with van der Waals surface area (Å²) in [6, 6.07) is 0. The average Bonchev–Trinajstić information content (AvgIpc) is 2.59. The fraction of sp³-hybridized carbons (Fsp3) is 0.625. The minimum absolute atomic E-state index is 0.725. The van der Waals surface area contributed by atoms with E-state index >= 15 is 0 Å². The lowest BCUT2D eigenvalue weighted by atomic mass is 10.1. The van der Waals surface area contributed by atoms with Gasteiger partial charge in [-0.3, -0.25) is 0 Å². The van der Waals surface area contributed by atoms with E-state index < -0.39 is 0 Å². The van der Waals surface area contributed by atoms with Crippen molar-refractivity contribution < 1.29 is 0 Å². The molecule has 2 rings (SSSR count). The van der Waals surface area contributed by atoms with E-state index in [2.05, 4.69) is 10.3 Å². The minimum atomic E-state index is 0.725. The second-order valence-electron chi connectivity index (χ2n) is 2.93. The van der Waals surface area contributed by atoms with Crippen LogP contribution in [0, 0.1) is 5.92 Å². The van der Waals surface area contributed by atoms with Crippen molar-refractivity contribution in [3.05, 3.63) is 11.9 Å². The van der Waals surface area contributed by atoms with E-state index in [1.165, 1.54) is 31.4 Å². The van der Waals surface area contributed by atoms with Crippen molar-refractivity contribution in [1.29, 1.82) is 0 Å². The van der Waals surface area contributed by atoms with Crippen LogP contribution in [0.1, 0.15) is 25.7 Å². The summed E-state index contributed by atoms with van der Waals surface area (Å²) >= 11 is 0. The Morgan fingerprint density at radius 1 is 1.30 bits per heavy atom. The first-order valence-electron chi connectivity index (χ1n) is 3.89. The van der Waals surface area contributed by atoms with Gasteiger partial charge in [-0.2, -0.15) is 0 Å². The zero-order valence-electron chi connectivity index (χ0n) is 5.95. The molecule has 2 heteroatoms. The summed E-state index contributed by atoms with van der Waals surface area (Å²) in [6.45, 7) is 0. The Morgan fingerprint density at radius 3 is 2.70 bits per heavy atom. The number of hydrogen-bond donors (Lipinski definition) is 0. The van der Waals surface area contributed by atoms with Gasteiger partial charge in [-0.05, 0) is 12.8 Å². The van der Waals surface area contributed by atoms with Crippen LogP contribution in [0.5, 0.6) is 0 Å². The van der Waals surface area contributed by atoms with Gasteiger partial charge >= 0.3 is 0 Å². The van der Waals surface area contributed by atoms with Crippen LogP contribution < -0.4 is 5.32 Å². The first-order chi connectivity index (χ1) is 4.97. The molecule has 0 aromatic rings. The van der Waals surface area contributed by atoms with Crippen LogP contribution in [0.4, 0.5) is 0 Å². The summed E-state index contributed by atoms with van der Waals surface area (Å²) in [5, 5.41) is 3.96. The molecule has 1 aliphatic heterocycles. The smallest absolute Gasteiger partial charge is 0.115 e. The Hall–Kier alpha value is -0.790. The Labute approximate surface area is 61.0 Å². The Kier molecular flexibility index (Phi) is 1.46. The van der Waals surface area contributed by atoms with Gasteiger partial charge in [0.05, 0.1) is 11.9 Å². The maximum Gasteiger partial charge on any atom is 0.115 e. The highest BCUT2D eigenvalue weighted by atomic mass is 15.0. The van der Waals surface area contributed by atoms with E-state index in [1.54, 1.807) is 6.34 Å². The third kappa shape index (κ3) is 0.939. The SMILES string of the molecule is C1=NC(C2CCCC2)=C[N]1. The van der Waals surface area contributed by atoms with Gasteiger partial charge in [0.1, 0.15) is 6.34 Å². The van der Waals surface area contributed by atoms with Crippen molar-refractivity contribution in [1.82, 2.24) is 5.32 Å². The summed E-state index contributed by atoms with van der Waals surface area (Å²) in [5.41, 5.74) is 1.21. The second kappa shape index (κ2) is 2.45. The van der Waals surface area contributed by atoms with E-state index in [-0.39, 0.29) is 0 Å². The molecule has 1 fully saturated rings. The third-order valence-electron chi connectivity index (χ3n) is 2.25. The van der Waals surface area contributed by atoms with E-state index in [9.17, 15) is 0 Å². The van der Waals surface area contributed by atoms with Crippen molar-refractivity contribution in [3.63, 3.8) is 0 Å². The number of aliphatic imine (C=N–C) groups is 1. The highest BCUT2D eigenvalue weighted by molar-refractivity contribution is 5.61. The predicted molar refractivity (Wildman–Crippen MR) is 40.7 cm³/mol. The molecular weight excluding hydrogens is 124 g/mol. The summed E-state index contributed by atoms with van der Waals surface area (Å²) in [4.78, 5) is 4.19. The monoisotopic (exact) mass is 135 g/mol. The van der Waals surface area contributed by atoms with Gasteiger partial charge in [-0.1, -0.05) is 12.8 Å². The van der Waals surface area contributed by atoms with Gasteiger partial charge in [0.15, 0.2) is 0 Å². The Bertz CT molecular complexity index is 176. The molecule has 0 spiro atoms. The number of nitrogens with zero attached hydrogens (tertiary/aromatic N) is 2. The fourth-order valence-corrected chi connectivity index (χ4v) is 1.68. The molecule has 1 heterocycles. The molecule has 2 aliphatic rings. The standard InChI is InChI=1S/C8H11N2/c1-2-4-7(3-1)8-5-9-6-10-8/h5-7H,1-4H2. The lowest BCUT2D eigenvalue weighted by molar-refractivity contribution is 0.637. The molecule has 53 valence electrons. The molecular formula is C8H11N2. The van der Waals surface area contributed by atoms with Gasteiger partial charge < -0.3 is 0 Å². The van der Waals surface area contributed by atoms with Crippen LogP contribution in [0.25, 0.3) is 0 Å². The van der Waals surface area contributed by atoms with Gasteiger partial charge in [-0.25, -0.2) is 10.3 Å². The highest BCUT2D eigenvalue weighted by Crippen LogP contribution is 2.31. The van der Waals surface area contributed by atoms with E-state index in [0.29, 0.717) is 0 Å². The molecule has 0 aromatic heterocycles. The Balaban J connectivity index is 2.03. The van der Waals surface area contributed by atoms with Crippen LogP contribution in [-0.4, -0.2) is 6.34 Å². The lowest BCUT2D eigenvalue weighted by Gasteiger charge is -2.04. The largest absolute Gasteiger partial charge is 0.243 e. The summed E-state index contributed by atoms with van der Waals surface area (Å²) < 4.78 is 0. The number of hydrogen-bond acceptors (Lipinski definition) is 1. The van der Waals surface area contributed by atoms with Crippen molar-refractivity contribution in [2.75, 3.05) is 0 Å². The molecule has 0 N–H and O–H groups in total. The summed E-state index contributed by atoms with van der Waals surface area (Å²) in [5.74, 6) is 0.725. The fourth-order valence-electron chi connectivity index (χ4n) is 1.68. The molecule has 2 nitrogen and oxygen atoms in total. The van der Waals surface area contributed by atoms with Crippen molar-refractivity contribution in [3.8, 4) is 0 Å². The van der Waals surface area contributed by atoms with Gasteiger partial charge in [-0.15, -0.1) is 0 Å². The molecule has 0 atom stereocenters. The molecule has 0 amide bonds. The minimum Gasteiger partial charge on any atom is -0.243 e. The van der Waals surface area contributed by atoms with E-state index in [0.717, 1.165) is 5.92 Å². The maximum absolute atomic E-state index is 4.19. The summed E-state index contributed by atoms with van der Waals surface area (Å²) in [7, 11) is 0. The zero-order valence-corrected chi connectivity index (χ0v) is 5.95. The average molecular weight is 135 g/mol. The van der Waals surface area contributed by atoms with Crippen LogP contribution >= 0.6 is 0 Å². The molecule has 1 aliphatic carbocycles. The first-order valence-corrected chi connectivity index (χ1v) is 3.89. The second-order valence-corrected chi connectivity index (χ2v) is 2.93. The van der Waals surface area contributed by atoms with Crippen molar-refractivity contribution in [2.45, 2.75) is 25.7 Å². The van der Waals surface area contributed by atoms with Crippen LogP contribution in [0.2, 0.25) is 0 Å². The quantitative estimate of drug-likeness (QED) is 0.523. The molecule has 0 saturated heterocycles. The third-order valence-corrected chi connectivity index (χ3v) is 2.25. The normalized spacial score (nSPS) is 25.0. The van der Waals surface area contributed by atoms with Gasteiger partial charge in [0, 0.05) is 5.92 Å². The molecule has 0 unspecified atom stereocenters. The number of rotatable bonds is 1. The Morgan fingerprint density at radius 2 is 2.10 bits per heavy atom. The van der Waals surface area contributed by atoms with Crippen molar-refractivity contribution in [2.24, 2.45) is 10.9 Å². The predicted octanol–water partition coefficient (Wildman–Crippen LogP) is 1.66. The summed E-state index contributed by atoms with van der Waals surface area (Å²) in [6.07, 6.45) is 8.93. The highest BCUT2D eigenvalue weighted by Gasteiger charge is 2.19. The van der Waals surface area contributed by atoms with E-state index in [4.69, 9.17) is 0 Å². The van der Waals surface area contributed by atoms with Crippen LogP contribution in [-0.2, 0) is 0 Å². The van der Waals surface area contributed by atoms with E-state index in [1.807, 2.05) is 6.20 Å². The van der Waals surface area contributed by atoms with Crippen LogP contribution in [0.3, 0.4) is 0 Å². The first kappa shape index (κ1) is 5.96. The molecule has 10 heavy (non-hydrogen) atoms. The zero-order chi connectivity index (χ0) is 6.81. The molecule has 1 radical (unpaired) electrons. The van der Waals surface area contributed by atoms with Gasteiger partial charge in [0.2, 0.25) is 0 Å². The van der Waals surface area contributed by atoms with Gasteiger partial charge in [0.25, 0.3) is 0 Å². The lowest BCUT2D eigenvalue weighted by Crippen LogP contribution is -1.93. The molecule has 0 bridgehead atoms.